The van der Waals surface area contributed by atoms with Crippen LogP contribution in [0.15, 0.2) is 18.5 Å². The van der Waals surface area contributed by atoms with Gasteiger partial charge in [0.15, 0.2) is 0 Å². The third kappa shape index (κ3) is 1.59. The SMILES string of the molecule is N#Cc1ccncc1[C@H](N)CO. The molecule has 1 aromatic heterocycles. The van der Waals surface area contributed by atoms with E-state index < -0.39 is 6.04 Å². The van der Waals surface area contributed by atoms with Crippen molar-refractivity contribution in [3.8, 4) is 6.07 Å². The zero-order valence-electron chi connectivity index (χ0n) is 6.44. The van der Waals surface area contributed by atoms with E-state index in [4.69, 9.17) is 16.1 Å². The molecular weight excluding hydrogens is 154 g/mol. The Morgan fingerprint density at radius 1 is 1.75 bits per heavy atom. The number of nitrogens with zero attached hydrogens (tertiary/aromatic N) is 2. The van der Waals surface area contributed by atoms with Crippen LogP contribution in [0, 0.1) is 11.3 Å². The number of aromatic nitrogens is 1. The second-order valence-electron chi connectivity index (χ2n) is 2.36. The van der Waals surface area contributed by atoms with Crippen molar-refractivity contribution in [1.29, 1.82) is 5.26 Å². The molecule has 0 amide bonds. The Labute approximate surface area is 70.3 Å². The Kier molecular flexibility index (Phi) is 2.75. The van der Waals surface area contributed by atoms with Crippen molar-refractivity contribution in [3.05, 3.63) is 29.6 Å². The first kappa shape index (κ1) is 8.65. The van der Waals surface area contributed by atoms with Gasteiger partial charge in [-0.05, 0) is 6.07 Å². The van der Waals surface area contributed by atoms with Crippen LogP contribution in [0.2, 0.25) is 0 Å². The average Bonchev–Trinajstić information content (AvgIpc) is 2.16. The molecule has 0 aromatic carbocycles. The third-order valence-electron chi connectivity index (χ3n) is 1.57. The molecule has 4 heteroatoms. The number of nitrogens with two attached hydrogens (primary N) is 1. The van der Waals surface area contributed by atoms with Gasteiger partial charge < -0.3 is 10.8 Å². The Morgan fingerprint density at radius 3 is 3.08 bits per heavy atom. The lowest BCUT2D eigenvalue weighted by atomic mass is 10.1. The molecule has 0 aliphatic rings. The van der Waals surface area contributed by atoms with Crippen LogP contribution in [-0.2, 0) is 0 Å². The highest BCUT2D eigenvalue weighted by Crippen LogP contribution is 2.12. The Morgan fingerprint density at radius 2 is 2.50 bits per heavy atom. The van der Waals surface area contributed by atoms with Crippen LogP contribution in [-0.4, -0.2) is 16.7 Å². The van der Waals surface area contributed by atoms with Gasteiger partial charge in [-0.3, -0.25) is 4.98 Å². The number of aliphatic hydroxyl groups is 1. The molecule has 0 fully saturated rings. The summed E-state index contributed by atoms with van der Waals surface area (Å²) in [7, 11) is 0. The minimum atomic E-state index is -0.520. The molecule has 0 spiro atoms. The van der Waals surface area contributed by atoms with Crippen LogP contribution < -0.4 is 5.73 Å². The van der Waals surface area contributed by atoms with E-state index in [0.29, 0.717) is 11.1 Å². The maximum atomic E-state index is 8.75. The van der Waals surface area contributed by atoms with Crippen LogP contribution in [0.25, 0.3) is 0 Å². The second-order valence-corrected chi connectivity index (χ2v) is 2.36. The summed E-state index contributed by atoms with van der Waals surface area (Å²) in [6.07, 6.45) is 3.02. The van der Waals surface area contributed by atoms with Crippen LogP contribution >= 0.6 is 0 Å². The number of aliphatic hydroxyl groups excluding tert-OH is 1. The van der Waals surface area contributed by atoms with Gasteiger partial charge in [0.2, 0.25) is 0 Å². The summed E-state index contributed by atoms with van der Waals surface area (Å²) in [5.41, 5.74) is 6.58. The highest BCUT2D eigenvalue weighted by molar-refractivity contribution is 5.36. The molecule has 1 aromatic rings. The fourth-order valence-corrected chi connectivity index (χ4v) is 0.902. The monoisotopic (exact) mass is 163 g/mol. The van der Waals surface area contributed by atoms with Gasteiger partial charge in [-0.25, -0.2) is 0 Å². The fourth-order valence-electron chi connectivity index (χ4n) is 0.902. The lowest BCUT2D eigenvalue weighted by Crippen LogP contribution is -2.16. The fraction of sp³-hybridized carbons (Fsp3) is 0.250. The van der Waals surface area contributed by atoms with Gasteiger partial charge in [-0.2, -0.15) is 5.26 Å². The first-order valence-electron chi connectivity index (χ1n) is 3.50. The largest absolute Gasteiger partial charge is 0.394 e. The van der Waals surface area contributed by atoms with Gasteiger partial charge in [-0.15, -0.1) is 0 Å². The summed E-state index contributed by atoms with van der Waals surface area (Å²) in [5, 5.41) is 17.4. The summed E-state index contributed by atoms with van der Waals surface area (Å²) < 4.78 is 0. The van der Waals surface area contributed by atoms with Gasteiger partial charge in [0.25, 0.3) is 0 Å². The molecule has 1 heterocycles. The normalized spacial score (nSPS) is 12.1. The molecule has 1 atom stereocenters. The number of hydrogen-bond acceptors (Lipinski definition) is 4. The van der Waals surface area contributed by atoms with E-state index in [-0.39, 0.29) is 6.61 Å². The van der Waals surface area contributed by atoms with E-state index in [9.17, 15) is 0 Å². The third-order valence-corrected chi connectivity index (χ3v) is 1.57. The number of rotatable bonds is 2. The molecule has 0 aliphatic carbocycles. The number of hydrogen-bond donors (Lipinski definition) is 2. The van der Waals surface area contributed by atoms with Crippen LogP contribution in [0.4, 0.5) is 0 Å². The summed E-state index contributed by atoms with van der Waals surface area (Å²) >= 11 is 0. The highest BCUT2D eigenvalue weighted by atomic mass is 16.3. The minimum Gasteiger partial charge on any atom is -0.394 e. The standard InChI is InChI=1S/C8H9N3O/c9-3-6-1-2-11-4-7(6)8(10)5-12/h1-2,4,8,12H,5,10H2/t8-/m1/s1. The van der Waals surface area contributed by atoms with Gasteiger partial charge >= 0.3 is 0 Å². The maximum absolute atomic E-state index is 8.75. The Bertz CT molecular complexity index is 305. The van der Waals surface area contributed by atoms with Crippen LogP contribution in [0.1, 0.15) is 17.2 Å². The van der Waals surface area contributed by atoms with Crippen molar-refractivity contribution in [3.63, 3.8) is 0 Å². The van der Waals surface area contributed by atoms with Crippen molar-refractivity contribution >= 4 is 0 Å². The molecule has 0 saturated carbocycles. The predicted molar refractivity (Wildman–Crippen MR) is 43.0 cm³/mol. The van der Waals surface area contributed by atoms with Crippen molar-refractivity contribution in [2.45, 2.75) is 6.04 Å². The van der Waals surface area contributed by atoms with Crippen molar-refractivity contribution in [2.24, 2.45) is 5.73 Å². The van der Waals surface area contributed by atoms with Gasteiger partial charge in [-0.1, -0.05) is 0 Å². The zero-order chi connectivity index (χ0) is 8.97. The first-order chi connectivity index (χ1) is 5.79. The molecule has 0 aliphatic heterocycles. The van der Waals surface area contributed by atoms with Crippen molar-refractivity contribution in [1.82, 2.24) is 4.98 Å². The van der Waals surface area contributed by atoms with E-state index in [1.807, 2.05) is 6.07 Å². The smallest absolute Gasteiger partial charge is 0.0996 e. The lowest BCUT2D eigenvalue weighted by Gasteiger charge is -2.08. The predicted octanol–water partition coefficient (Wildman–Crippen LogP) is -0.0546. The summed E-state index contributed by atoms with van der Waals surface area (Å²) in [6, 6.07) is 3.03. The number of nitriles is 1. The maximum Gasteiger partial charge on any atom is 0.0996 e. The quantitative estimate of drug-likeness (QED) is 0.640. The summed E-state index contributed by atoms with van der Waals surface area (Å²) in [6.45, 7) is -0.180. The summed E-state index contributed by atoms with van der Waals surface area (Å²) in [4.78, 5) is 3.82. The highest BCUT2D eigenvalue weighted by Gasteiger charge is 2.08. The van der Waals surface area contributed by atoms with Gasteiger partial charge in [0, 0.05) is 18.0 Å². The van der Waals surface area contributed by atoms with E-state index in [1.165, 1.54) is 12.4 Å². The van der Waals surface area contributed by atoms with Gasteiger partial charge in [0.05, 0.1) is 24.3 Å². The minimum absolute atomic E-state index is 0.180. The summed E-state index contributed by atoms with van der Waals surface area (Å²) in [5.74, 6) is 0. The van der Waals surface area contributed by atoms with Gasteiger partial charge in [0.1, 0.15) is 0 Å². The van der Waals surface area contributed by atoms with Crippen LogP contribution in [0.5, 0.6) is 0 Å². The molecule has 4 nitrogen and oxygen atoms in total. The lowest BCUT2D eigenvalue weighted by molar-refractivity contribution is 0.267. The molecular formula is C8H9N3O. The Balaban J connectivity index is 3.07. The van der Waals surface area contributed by atoms with E-state index in [2.05, 4.69) is 4.98 Å². The molecule has 62 valence electrons. The van der Waals surface area contributed by atoms with E-state index in [0.717, 1.165) is 0 Å². The van der Waals surface area contributed by atoms with E-state index in [1.54, 1.807) is 6.07 Å². The molecule has 0 saturated heterocycles. The molecule has 3 N–H and O–H groups in total. The zero-order valence-corrected chi connectivity index (χ0v) is 6.44. The molecule has 0 bridgehead atoms. The first-order valence-corrected chi connectivity index (χ1v) is 3.50. The number of pyridine rings is 1. The molecule has 0 radical (unpaired) electrons. The average molecular weight is 163 g/mol. The van der Waals surface area contributed by atoms with Crippen molar-refractivity contribution in [2.75, 3.05) is 6.61 Å². The Hall–Kier alpha value is -1.44. The van der Waals surface area contributed by atoms with E-state index >= 15 is 0 Å². The van der Waals surface area contributed by atoms with Crippen molar-refractivity contribution < 1.29 is 5.11 Å². The molecule has 1 rings (SSSR count). The van der Waals surface area contributed by atoms with Crippen LogP contribution in [0.3, 0.4) is 0 Å². The second kappa shape index (κ2) is 3.81. The topological polar surface area (TPSA) is 82.9 Å². The molecule has 0 unspecified atom stereocenters. The molecule has 12 heavy (non-hydrogen) atoms.